The number of nitrogens with zero attached hydrogens (tertiary/aromatic N) is 3. The largest absolute Gasteiger partial charge is 0.416 e. The van der Waals surface area contributed by atoms with Crippen LogP contribution in [-0.4, -0.2) is 68.0 Å². The Hall–Kier alpha value is -2.73. The minimum Gasteiger partial charge on any atom is -0.349 e. The first kappa shape index (κ1) is 28.3. The molecule has 1 spiro atoms. The van der Waals surface area contributed by atoms with E-state index in [2.05, 4.69) is 5.32 Å². The second kappa shape index (κ2) is 10.8. The van der Waals surface area contributed by atoms with Gasteiger partial charge < -0.3 is 10.2 Å². The Morgan fingerprint density at radius 3 is 2.45 bits per heavy atom. The number of hydrogen-bond donors (Lipinski definition) is 1. The first-order chi connectivity index (χ1) is 17.8. The number of nitrogens with one attached hydrogen (secondary N) is 1. The predicted molar refractivity (Wildman–Crippen MR) is 137 cm³/mol. The van der Waals surface area contributed by atoms with Gasteiger partial charge in [0.25, 0.3) is 5.91 Å². The molecule has 1 aromatic rings. The molecule has 1 saturated heterocycles. The molecule has 0 radical (unpaired) electrons. The molecule has 1 saturated carbocycles. The Balaban J connectivity index is 1.47. The fourth-order valence-corrected chi connectivity index (χ4v) is 6.43. The number of alkyl halides is 3. The molecule has 8 nitrogen and oxygen atoms in total. The highest BCUT2D eigenvalue weighted by molar-refractivity contribution is 7.92. The zero-order valence-electron chi connectivity index (χ0n) is 21.6. The molecule has 1 aliphatic carbocycles. The van der Waals surface area contributed by atoms with Crippen molar-refractivity contribution >= 4 is 33.7 Å². The first-order valence-corrected chi connectivity index (χ1v) is 14.3. The molecule has 3 aliphatic rings. The van der Waals surface area contributed by atoms with E-state index in [0.717, 1.165) is 43.2 Å². The normalized spacial score (nSPS) is 21.1. The topological polar surface area (TPSA) is 99.2 Å². The first-order valence-electron chi connectivity index (χ1n) is 12.8. The van der Waals surface area contributed by atoms with Crippen LogP contribution in [0.15, 0.2) is 28.6 Å². The molecular formula is C26H33F3N4O4S. The number of likely N-dealkylation sites (N-methyl/N-ethyl adjacent to an activating group) is 1. The van der Waals surface area contributed by atoms with Crippen LogP contribution < -0.4 is 5.32 Å². The van der Waals surface area contributed by atoms with Gasteiger partial charge in [-0.25, -0.2) is 8.42 Å². The molecule has 0 aromatic heterocycles. The Kier molecular flexibility index (Phi) is 8.04. The lowest BCUT2D eigenvalue weighted by Gasteiger charge is -2.34. The average Bonchev–Trinajstić information content (AvgIpc) is 3.18. The highest BCUT2D eigenvalue weighted by atomic mass is 32.2. The van der Waals surface area contributed by atoms with Gasteiger partial charge in [-0.3, -0.25) is 14.6 Å². The summed E-state index contributed by atoms with van der Waals surface area (Å²) in [5.74, 6) is 0.389. The Morgan fingerprint density at radius 2 is 1.84 bits per heavy atom. The standard InChI is InChI=1S/C26H33F3N4O4S/c1-32(2)22(34)17-18-8-9-19(21(16-18)26(27,28)29)10-15-38(36,37)33-13-11-25(12-14-33)24(35)30-23(31-25)20-6-4-3-5-7-20/h8-10,15-16,20H,3-7,11-14,17H2,1-2H3,(H,30,31,35)/b15-10+. The number of hydrogen-bond acceptors (Lipinski definition) is 5. The number of aliphatic imine (C=N–C) groups is 1. The zero-order valence-corrected chi connectivity index (χ0v) is 22.4. The van der Waals surface area contributed by atoms with E-state index in [1.807, 2.05) is 0 Å². The number of amidine groups is 1. The third-order valence-electron chi connectivity index (χ3n) is 7.60. The number of carbonyl (C=O) groups is 2. The number of halogens is 3. The lowest BCUT2D eigenvalue weighted by Crippen LogP contribution is -2.50. The van der Waals surface area contributed by atoms with Crippen LogP contribution in [0.25, 0.3) is 6.08 Å². The van der Waals surface area contributed by atoms with Crippen LogP contribution in [0.5, 0.6) is 0 Å². The van der Waals surface area contributed by atoms with Gasteiger partial charge in [0.05, 0.1) is 12.0 Å². The van der Waals surface area contributed by atoms with E-state index in [1.54, 1.807) is 0 Å². The van der Waals surface area contributed by atoms with Crippen molar-refractivity contribution < 1.29 is 31.2 Å². The van der Waals surface area contributed by atoms with Gasteiger partial charge in [-0.2, -0.15) is 17.5 Å². The summed E-state index contributed by atoms with van der Waals surface area (Å²) in [6.07, 6.45) is 1.75. The van der Waals surface area contributed by atoms with E-state index >= 15 is 0 Å². The molecule has 2 fully saturated rings. The van der Waals surface area contributed by atoms with Crippen molar-refractivity contribution in [3.8, 4) is 0 Å². The summed E-state index contributed by atoms with van der Waals surface area (Å²) in [5.41, 5.74) is -2.13. The summed E-state index contributed by atoms with van der Waals surface area (Å²) in [6, 6.07) is 3.43. The van der Waals surface area contributed by atoms with Gasteiger partial charge in [-0.05, 0) is 49.0 Å². The minimum atomic E-state index is -4.73. The maximum absolute atomic E-state index is 13.7. The summed E-state index contributed by atoms with van der Waals surface area (Å²) < 4.78 is 68.3. The van der Waals surface area contributed by atoms with Crippen LogP contribution in [-0.2, 0) is 32.2 Å². The smallest absolute Gasteiger partial charge is 0.349 e. The molecule has 0 unspecified atom stereocenters. The third kappa shape index (κ3) is 6.12. The van der Waals surface area contributed by atoms with Gasteiger partial charge >= 0.3 is 6.18 Å². The summed E-state index contributed by atoms with van der Waals surface area (Å²) in [4.78, 5) is 30.7. The Bertz CT molecular complexity index is 1240. The van der Waals surface area contributed by atoms with E-state index in [9.17, 15) is 31.2 Å². The van der Waals surface area contributed by atoms with Crippen LogP contribution in [0.3, 0.4) is 0 Å². The molecule has 2 aliphatic heterocycles. The number of carbonyl (C=O) groups excluding carboxylic acids is 2. The molecule has 1 aromatic carbocycles. The highest BCUT2D eigenvalue weighted by Crippen LogP contribution is 2.36. The minimum absolute atomic E-state index is 0.0409. The Morgan fingerprint density at radius 1 is 1.18 bits per heavy atom. The molecule has 2 heterocycles. The summed E-state index contributed by atoms with van der Waals surface area (Å²) in [6.45, 7) is 0.0819. The van der Waals surface area contributed by atoms with Gasteiger partial charge in [0, 0.05) is 38.5 Å². The zero-order chi connectivity index (χ0) is 27.7. The maximum Gasteiger partial charge on any atom is 0.416 e. The summed E-state index contributed by atoms with van der Waals surface area (Å²) in [5, 5.41) is 3.70. The fourth-order valence-electron chi connectivity index (χ4n) is 5.24. The highest BCUT2D eigenvalue weighted by Gasteiger charge is 2.48. The number of benzene rings is 1. The molecule has 0 bridgehead atoms. The Labute approximate surface area is 221 Å². The predicted octanol–water partition coefficient (Wildman–Crippen LogP) is 3.58. The van der Waals surface area contributed by atoms with Crippen molar-refractivity contribution in [2.75, 3.05) is 27.2 Å². The molecule has 0 atom stereocenters. The molecule has 4 rings (SSSR count). The van der Waals surface area contributed by atoms with Gasteiger partial charge in [-0.15, -0.1) is 0 Å². The second-order valence-electron chi connectivity index (χ2n) is 10.4. The van der Waals surface area contributed by atoms with Crippen molar-refractivity contribution in [2.45, 2.75) is 63.1 Å². The molecule has 38 heavy (non-hydrogen) atoms. The molecule has 2 amide bonds. The van der Waals surface area contributed by atoms with Crippen molar-refractivity contribution in [3.63, 3.8) is 0 Å². The van der Waals surface area contributed by atoms with Crippen LogP contribution in [0.2, 0.25) is 0 Å². The summed E-state index contributed by atoms with van der Waals surface area (Å²) >= 11 is 0. The maximum atomic E-state index is 13.7. The van der Waals surface area contributed by atoms with Crippen molar-refractivity contribution in [1.82, 2.24) is 14.5 Å². The van der Waals surface area contributed by atoms with Crippen molar-refractivity contribution in [1.29, 1.82) is 0 Å². The van der Waals surface area contributed by atoms with Gasteiger partial charge in [0.2, 0.25) is 15.9 Å². The molecule has 208 valence electrons. The van der Waals surface area contributed by atoms with E-state index in [4.69, 9.17) is 4.99 Å². The molecule has 1 N–H and O–H groups in total. The summed E-state index contributed by atoms with van der Waals surface area (Å²) in [7, 11) is -1.01. The van der Waals surface area contributed by atoms with Crippen molar-refractivity contribution in [2.24, 2.45) is 10.9 Å². The van der Waals surface area contributed by atoms with Crippen LogP contribution in [0.4, 0.5) is 13.2 Å². The lowest BCUT2D eigenvalue weighted by molar-refractivity contribution is -0.138. The number of amides is 2. The number of rotatable bonds is 6. The van der Waals surface area contributed by atoms with E-state index < -0.39 is 27.3 Å². The third-order valence-corrected chi connectivity index (χ3v) is 9.16. The monoisotopic (exact) mass is 554 g/mol. The van der Waals surface area contributed by atoms with Crippen molar-refractivity contribution in [3.05, 3.63) is 40.3 Å². The SMILES string of the molecule is CN(C)C(=O)Cc1ccc(/C=C/S(=O)(=O)N2CCC3(CC2)N=C(C2CCCCC2)NC3=O)c(C(F)(F)F)c1. The van der Waals surface area contributed by atoms with Gasteiger partial charge in [0.1, 0.15) is 11.4 Å². The van der Waals surface area contributed by atoms with Gasteiger partial charge in [0.15, 0.2) is 0 Å². The van der Waals surface area contributed by atoms with Gasteiger partial charge in [-0.1, -0.05) is 31.4 Å². The number of sulfonamides is 1. The van der Waals surface area contributed by atoms with E-state index in [1.165, 1.54) is 41.9 Å². The average molecular weight is 555 g/mol. The quantitative estimate of drug-likeness (QED) is 0.581. The van der Waals surface area contributed by atoms with E-state index in [-0.39, 0.29) is 61.2 Å². The molecule has 12 heteroatoms. The van der Waals surface area contributed by atoms with Crippen LogP contribution >= 0.6 is 0 Å². The molecular weight excluding hydrogens is 521 g/mol. The van der Waals surface area contributed by atoms with Crippen LogP contribution in [0, 0.1) is 5.92 Å². The number of piperidine rings is 1. The van der Waals surface area contributed by atoms with Crippen LogP contribution in [0.1, 0.15) is 61.6 Å². The van der Waals surface area contributed by atoms with E-state index in [0.29, 0.717) is 5.84 Å². The lowest BCUT2D eigenvalue weighted by atomic mass is 9.88. The second-order valence-corrected chi connectivity index (χ2v) is 12.3. The fraction of sp³-hybridized carbons (Fsp3) is 0.577.